The number of hydrogen-bond donors (Lipinski definition) is 2. The van der Waals surface area contributed by atoms with Crippen molar-refractivity contribution in [2.24, 2.45) is 5.92 Å². The van der Waals surface area contributed by atoms with Gasteiger partial charge in [-0.05, 0) is 25.8 Å². The Morgan fingerprint density at radius 2 is 2.09 bits per heavy atom. The van der Waals surface area contributed by atoms with Gasteiger partial charge in [-0.2, -0.15) is 0 Å². The summed E-state index contributed by atoms with van der Waals surface area (Å²) in [7, 11) is 0. The molecule has 0 aromatic carbocycles. The van der Waals surface area contributed by atoms with Crippen LogP contribution in [0.2, 0.25) is 0 Å². The Morgan fingerprint density at radius 1 is 1.36 bits per heavy atom. The van der Waals surface area contributed by atoms with Crippen LogP contribution in [0.15, 0.2) is 0 Å². The van der Waals surface area contributed by atoms with Crippen molar-refractivity contribution in [1.29, 1.82) is 0 Å². The largest absolute Gasteiger partial charge is 0.396 e. The maximum atomic E-state index is 9.15. The summed E-state index contributed by atoms with van der Waals surface area (Å²) in [5.41, 5.74) is 0.356. The van der Waals surface area contributed by atoms with Gasteiger partial charge in [0.2, 0.25) is 0 Å². The smallest absolute Gasteiger partial charge is 0.0477 e. The zero-order valence-electron chi connectivity index (χ0n) is 6.97. The molecule has 1 atom stereocenters. The molecule has 1 aliphatic carbocycles. The number of nitrogens with one attached hydrogen (secondary N) is 1. The van der Waals surface area contributed by atoms with E-state index in [1.54, 1.807) is 0 Å². The van der Waals surface area contributed by atoms with Crippen molar-refractivity contribution in [2.75, 3.05) is 13.2 Å². The van der Waals surface area contributed by atoms with Gasteiger partial charge in [-0.3, -0.25) is 0 Å². The lowest BCUT2D eigenvalue weighted by Gasteiger charge is -2.29. The number of aliphatic hydroxyl groups is 1. The van der Waals surface area contributed by atoms with Gasteiger partial charge >= 0.3 is 0 Å². The van der Waals surface area contributed by atoms with Crippen molar-refractivity contribution < 1.29 is 5.11 Å². The quantitative estimate of drug-likeness (QED) is 0.589. The molecule has 1 saturated carbocycles. The lowest BCUT2D eigenvalue weighted by Crippen LogP contribution is -2.43. The molecule has 1 saturated heterocycles. The second-order valence-corrected chi connectivity index (χ2v) is 3.96. The highest BCUT2D eigenvalue weighted by Crippen LogP contribution is 2.40. The molecule has 0 bridgehead atoms. The highest BCUT2D eigenvalue weighted by atomic mass is 16.3. The van der Waals surface area contributed by atoms with Crippen LogP contribution in [0.1, 0.15) is 32.1 Å². The fourth-order valence-electron chi connectivity index (χ4n) is 2.77. The Balaban J connectivity index is 2.09. The molecule has 2 heteroatoms. The van der Waals surface area contributed by atoms with Crippen LogP contribution in [-0.4, -0.2) is 23.8 Å². The first kappa shape index (κ1) is 7.56. The van der Waals surface area contributed by atoms with Crippen molar-refractivity contribution in [3.63, 3.8) is 0 Å². The normalized spacial score (nSPS) is 35.2. The van der Waals surface area contributed by atoms with E-state index in [1.165, 1.54) is 32.1 Å². The zero-order valence-corrected chi connectivity index (χ0v) is 6.97. The molecular weight excluding hydrogens is 138 g/mol. The third kappa shape index (κ3) is 1.09. The van der Waals surface area contributed by atoms with Gasteiger partial charge in [0.25, 0.3) is 0 Å². The van der Waals surface area contributed by atoms with Gasteiger partial charge in [0.05, 0.1) is 0 Å². The predicted molar refractivity (Wildman–Crippen MR) is 44.4 cm³/mol. The molecule has 2 aliphatic rings. The van der Waals surface area contributed by atoms with E-state index in [-0.39, 0.29) is 0 Å². The molecule has 1 unspecified atom stereocenters. The summed E-state index contributed by atoms with van der Waals surface area (Å²) in [5.74, 6) is 0.546. The van der Waals surface area contributed by atoms with Gasteiger partial charge in [0.15, 0.2) is 0 Å². The van der Waals surface area contributed by atoms with Crippen molar-refractivity contribution >= 4 is 0 Å². The zero-order chi connectivity index (χ0) is 7.73. The molecule has 0 amide bonds. The fraction of sp³-hybridized carbons (Fsp3) is 1.00. The minimum atomic E-state index is 0.356. The van der Waals surface area contributed by atoms with Crippen LogP contribution in [0.5, 0.6) is 0 Å². The molecule has 2 N–H and O–H groups in total. The first-order valence-corrected chi connectivity index (χ1v) is 4.73. The highest BCUT2D eigenvalue weighted by molar-refractivity contribution is 5.02. The molecule has 0 aromatic rings. The summed E-state index contributed by atoms with van der Waals surface area (Å²) < 4.78 is 0. The van der Waals surface area contributed by atoms with E-state index in [1.807, 2.05) is 0 Å². The molecule has 1 heterocycles. The summed E-state index contributed by atoms with van der Waals surface area (Å²) in [6.07, 6.45) is 6.46. The molecule has 2 nitrogen and oxygen atoms in total. The van der Waals surface area contributed by atoms with Gasteiger partial charge in [-0.25, -0.2) is 0 Å². The Hall–Kier alpha value is -0.0800. The Labute approximate surface area is 68.0 Å². The van der Waals surface area contributed by atoms with E-state index in [9.17, 15) is 0 Å². The minimum absolute atomic E-state index is 0.356. The summed E-state index contributed by atoms with van der Waals surface area (Å²) in [5, 5.41) is 12.7. The van der Waals surface area contributed by atoms with Crippen molar-refractivity contribution in [3.8, 4) is 0 Å². The van der Waals surface area contributed by atoms with Gasteiger partial charge in [-0.1, -0.05) is 12.8 Å². The Morgan fingerprint density at radius 3 is 2.73 bits per heavy atom. The fourth-order valence-corrected chi connectivity index (χ4v) is 2.77. The first-order chi connectivity index (χ1) is 5.37. The standard InChI is InChI=1S/C9H17NO/c11-7-8-3-6-10-9(8)4-1-2-5-9/h8,10-11H,1-7H2. The van der Waals surface area contributed by atoms with E-state index in [0.717, 1.165) is 6.54 Å². The Kier molecular flexibility index (Phi) is 1.90. The van der Waals surface area contributed by atoms with Crippen LogP contribution in [-0.2, 0) is 0 Å². The SMILES string of the molecule is OCC1CCNC12CCCC2. The number of rotatable bonds is 1. The van der Waals surface area contributed by atoms with E-state index >= 15 is 0 Å². The minimum Gasteiger partial charge on any atom is -0.396 e. The van der Waals surface area contributed by atoms with Gasteiger partial charge < -0.3 is 10.4 Å². The third-order valence-electron chi connectivity index (χ3n) is 3.47. The number of aliphatic hydroxyl groups excluding tert-OH is 1. The second kappa shape index (κ2) is 2.76. The molecule has 0 aromatic heterocycles. The van der Waals surface area contributed by atoms with Crippen LogP contribution in [0.3, 0.4) is 0 Å². The van der Waals surface area contributed by atoms with Crippen molar-refractivity contribution in [3.05, 3.63) is 0 Å². The average Bonchev–Trinajstić information content (AvgIpc) is 2.62. The topological polar surface area (TPSA) is 32.3 Å². The predicted octanol–water partition coefficient (Wildman–Crippen LogP) is 0.901. The molecule has 1 aliphatic heterocycles. The molecule has 2 fully saturated rings. The van der Waals surface area contributed by atoms with Gasteiger partial charge in [0.1, 0.15) is 0 Å². The maximum absolute atomic E-state index is 9.15. The monoisotopic (exact) mass is 155 g/mol. The third-order valence-corrected chi connectivity index (χ3v) is 3.47. The van der Waals surface area contributed by atoms with Crippen LogP contribution in [0.4, 0.5) is 0 Å². The van der Waals surface area contributed by atoms with Gasteiger partial charge in [-0.15, -0.1) is 0 Å². The van der Waals surface area contributed by atoms with E-state index in [4.69, 9.17) is 5.11 Å². The maximum Gasteiger partial charge on any atom is 0.0477 e. The number of hydrogen-bond acceptors (Lipinski definition) is 2. The molecule has 1 spiro atoms. The van der Waals surface area contributed by atoms with Gasteiger partial charge in [0, 0.05) is 18.1 Å². The van der Waals surface area contributed by atoms with E-state index < -0.39 is 0 Å². The lowest BCUT2D eigenvalue weighted by atomic mass is 9.85. The van der Waals surface area contributed by atoms with Crippen LogP contribution in [0.25, 0.3) is 0 Å². The lowest BCUT2D eigenvalue weighted by molar-refractivity contribution is 0.163. The first-order valence-electron chi connectivity index (χ1n) is 4.73. The summed E-state index contributed by atoms with van der Waals surface area (Å²) in [6, 6.07) is 0. The summed E-state index contributed by atoms with van der Waals surface area (Å²) in [4.78, 5) is 0. The van der Waals surface area contributed by atoms with E-state index in [0.29, 0.717) is 18.1 Å². The highest BCUT2D eigenvalue weighted by Gasteiger charge is 2.43. The van der Waals surface area contributed by atoms with Crippen molar-refractivity contribution in [2.45, 2.75) is 37.6 Å². The second-order valence-electron chi connectivity index (χ2n) is 3.96. The average molecular weight is 155 g/mol. The van der Waals surface area contributed by atoms with Crippen molar-refractivity contribution in [1.82, 2.24) is 5.32 Å². The molecule has 64 valence electrons. The molecule has 2 rings (SSSR count). The van der Waals surface area contributed by atoms with Crippen LogP contribution >= 0.6 is 0 Å². The van der Waals surface area contributed by atoms with Crippen LogP contribution in [0, 0.1) is 5.92 Å². The molecule has 11 heavy (non-hydrogen) atoms. The summed E-state index contributed by atoms with van der Waals surface area (Å²) >= 11 is 0. The van der Waals surface area contributed by atoms with Crippen LogP contribution < -0.4 is 5.32 Å². The molecular formula is C9H17NO. The Bertz CT molecular complexity index is 135. The molecule has 0 radical (unpaired) electrons. The van der Waals surface area contributed by atoms with E-state index in [2.05, 4.69) is 5.32 Å². The summed E-state index contributed by atoms with van der Waals surface area (Å²) in [6.45, 7) is 1.50.